The number of nitrogens with one attached hydrogen (secondary N) is 1. The zero-order chi connectivity index (χ0) is 13.8. The molecule has 0 radical (unpaired) electrons. The zero-order valence-electron chi connectivity index (χ0n) is 11.4. The average Bonchev–Trinajstić information content (AvgIpc) is 2.83. The molecule has 0 fully saturated rings. The minimum Gasteiger partial charge on any atom is -0.494 e. The first-order valence-corrected chi connectivity index (χ1v) is 7.16. The maximum atomic E-state index is 13.5. The van der Waals surface area contributed by atoms with Crippen LogP contribution in [0.15, 0.2) is 29.6 Å². The van der Waals surface area contributed by atoms with Gasteiger partial charge in [-0.1, -0.05) is 13.0 Å². The van der Waals surface area contributed by atoms with Crippen molar-refractivity contribution in [3.05, 3.63) is 51.5 Å². The lowest BCUT2D eigenvalue weighted by atomic mass is 10.0. The third-order valence-electron chi connectivity index (χ3n) is 3.08. The molecule has 2 aromatic rings. The Morgan fingerprint density at radius 3 is 2.74 bits per heavy atom. The molecule has 4 heteroatoms. The maximum Gasteiger partial charge on any atom is 0.165 e. The fourth-order valence-corrected chi connectivity index (χ4v) is 3.13. The molecular weight excluding hydrogens is 261 g/mol. The van der Waals surface area contributed by atoms with Gasteiger partial charge < -0.3 is 10.1 Å². The number of halogens is 1. The molecule has 1 aromatic carbocycles. The van der Waals surface area contributed by atoms with Crippen molar-refractivity contribution >= 4 is 11.3 Å². The van der Waals surface area contributed by atoms with Crippen LogP contribution in [0.3, 0.4) is 0 Å². The van der Waals surface area contributed by atoms with Crippen molar-refractivity contribution in [2.45, 2.75) is 19.9 Å². The van der Waals surface area contributed by atoms with E-state index in [0.717, 1.165) is 12.1 Å². The molecule has 102 valence electrons. The lowest BCUT2D eigenvalue weighted by molar-refractivity contribution is 0.385. The van der Waals surface area contributed by atoms with E-state index in [0.29, 0.717) is 0 Å². The summed E-state index contributed by atoms with van der Waals surface area (Å²) in [5, 5.41) is 5.52. The molecule has 0 aliphatic carbocycles. The minimum absolute atomic E-state index is 0.0829. The van der Waals surface area contributed by atoms with Gasteiger partial charge in [0.1, 0.15) is 0 Å². The summed E-state index contributed by atoms with van der Waals surface area (Å²) < 4.78 is 18.6. The normalized spacial score (nSPS) is 12.4. The molecule has 19 heavy (non-hydrogen) atoms. The summed E-state index contributed by atoms with van der Waals surface area (Å²) in [6.45, 7) is 5.01. The topological polar surface area (TPSA) is 21.3 Å². The minimum atomic E-state index is -0.329. The number of methoxy groups -OCH3 is 1. The Kier molecular flexibility index (Phi) is 4.56. The number of thiophene rings is 1. The summed E-state index contributed by atoms with van der Waals surface area (Å²) in [5.41, 5.74) is 2.27. The summed E-state index contributed by atoms with van der Waals surface area (Å²) >= 11 is 1.71. The molecule has 0 saturated heterocycles. The van der Waals surface area contributed by atoms with Crippen molar-refractivity contribution < 1.29 is 9.13 Å². The number of benzene rings is 1. The molecule has 0 spiro atoms. The van der Waals surface area contributed by atoms with Gasteiger partial charge in [0.05, 0.1) is 13.2 Å². The van der Waals surface area contributed by atoms with Crippen LogP contribution in [0.25, 0.3) is 0 Å². The van der Waals surface area contributed by atoms with Crippen LogP contribution < -0.4 is 10.1 Å². The summed E-state index contributed by atoms with van der Waals surface area (Å²) in [5.74, 6) is -0.0426. The van der Waals surface area contributed by atoms with E-state index in [-0.39, 0.29) is 17.6 Å². The van der Waals surface area contributed by atoms with E-state index in [1.54, 1.807) is 17.4 Å². The van der Waals surface area contributed by atoms with Gasteiger partial charge in [-0.25, -0.2) is 4.39 Å². The number of aryl methyl sites for hydroxylation is 1. The van der Waals surface area contributed by atoms with E-state index in [1.165, 1.54) is 23.6 Å². The number of hydrogen-bond donors (Lipinski definition) is 1. The second-order valence-electron chi connectivity index (χ2n) is 4.35. The predicted octanol–water partition coefficient (Wildman–Crippen LogP) is 3.90. The Labute approximate surface area is 117 Å². The molecule has 2 nitrogen and oxygen atoms in total. The van der Waals surface area contributed by atoms with Crippen LogP contribution in [0.5, 0.6) is 5.75 Å². The average molecular weight is 279 g/mol. The highest BCUT2D eigenvalue weighted by molar-refractivity contribution is 7.10. The van der Waals surface area contributed by atoms with Gasteiger partial charge in [-0.3, -0.25) is 0 Å². The molecule has 1 aromatic heterocycles. The first kappa shape index (κ1) is 14.0. The Balaban J connectivity index is 2.42. The summed E-state index contributed by atoms with van der Waals surface area (Å²) in [7, 11) is 1.49. The van der Waals surface area contributed by atoms with Crippen LogP contribution in [-0.2, 0) is 0 Å². The van der Waals surface area contributed by atoms with E-state index in [9.17, 15) is 4.39 Å². The van der Waals surface area contributed by atoms with Crippen molar-refractivity contribution in [3.8, 4) is 5.75 Å². The summed E-state index contributed by atoms with van der Waals surface area (Å²) in [6, 6.07) is 7.22. The Bertz CT molecular complexity index is 553. The third-order valence-corrected chi connectivity index (χ3v) is 4.16. The standard InChI is InChI=1S/C15H18FNOS/c1-4-17-14(15-10(2)7-8-19-15)11-5-6-12(16)13(9-11)18-3/h5-9,14,17H,4H2,1-3H3. The number of rotatable bonds is 5. The molecule has 0 aliphatic heterocycles. The van der Waals surface area contributed by atoms with Crippen LogP contribution >= 0.6 is 11.3 Å². The zero-order valence-corrected chi connectivity index (χ0v) is 12.2. The predicted molar refractivity (Wildman–Crippen MR) is 77.5 cm³/mol. The molecule has 0 aliphatic rings. The van der Waals surface area contributed by atoms with Gasteiger partial charge in [0.15, 0.2) is 11.6 Å². The van der Waals surface area contributed by atoms with Gasteiger partial charge in [0.25, 0.3) is 0 Å². The van der Waals surface area contributed by atoms with Crippen molar-refractivity contribution in [2.24, 2.45) is 0 Å². The molecule has 0 amide bonds. The summed E-state index contributed by atoms with van der Waals surface area (Å²) in [6.07, 6.45) is 0. The van der Waals surface area contributed by atoms with Gasteiger partial charge in [-0.2, -0.15) is 0 Å². The molecule has 2 rings (SSSR count). The second-order valence-corrected chi connectivity index (χ2v) is 5.30. The van der Waals surface area contributed by atoms with E-state index >= 15 is 0 Å². The second kappa shape index (κ2) is 6.17. The molecule has 1 unspecified atom stereocenters. The van der Waals surface area contributed by atoms with Gasteiger partial charge in [-0.15, -0.1) is 11.3 Å². The quantitative estimate of drug-likeness (QED) is 0.896. The van der Waals surface area contributed by atoms with Gasteiger partial charge in [0, 0.05) is 4.88 Å². The fraction of sp³-hybridized carbons (Fsp3) is 0.333. The molecule has 1 atom stereocenters. The molecule has 0 bridgehead atoms. The van der Waals surface area contributed by atoms with Gasteiger partial charge in [-0.05, 0) is 48.2 Å². The highest BCUT2D eigenvalue weighted by atomic mass is 32.1. The van der Waals surface area contributed by atoms with Crippen LogP contribution in [0.2, 0.25) is 0 Å². The highest BCUT2D eigenvalue weighted by Crippen LogP contribution is 2.31. The summed E-state index contributed by atoms with van der Waals surface area (Å²) in [4.78, 5) is 1.26. The Morgan fingerprint density at radius 2 is 2.16 bits per heavy atom. The smallest absolute Gasteiger partial charge is 0.165 e. The molecule has 1 N–H and O–H groups in total. The highest BCUT2D eigenvalue weighted by Gasteiger charge is 2.18. The maximum absolute atomic E-state index is 13.5. The van der Waals surface area contributed by atoms with Crippen LogP contribution in [0, 0.1) is 12.7 Å². The first-order valence-electron chi connectivity index (χ1n) is 6.28. The van der Waals surface area contributed by atoms with Crippen molar-refractivity contribution in [2.75, 3.05) is 13.7 Å². The molecule has 0 saturated carbocycles. The van der Waals surface area contributed by atoms with E-state index in [2.05, 4.69) is 30.6 Å². The van der Waals surface area contributed by atoms with E-state index in [4.69, 9.17) is 4.74 Å². The van der Waals surface area contributed by atoms with Gasteiger partial charge in [0.2, 0.25) is 0 Å². The van der Waals surface area contributed by atoms with Crippen LogP contribution in [0.1, 0.15) is 29.0 Å². The van der Waals surface area contributed by atoms with Crippen molar-refractivity contribution in [3.63, 3.8) is 0 Å². The van der Waals surface area contributed by atoms with Crippen molar-refractivity contribution in [1.82, 2.24) is 5.32 Å². The van der Waals surface area contributed by atoms with E-state index in [1.807, 2.05) is 6.07 Å². The Morgan fingerprint density at radius 1 is 1.37 bits per heavy atom. The molecular formula is C15H18FNOS. The molecule has 1 heterocycles. The fourth-order valence-electron chi connectivity index (χ4n) is 2.10. The lowest BCUT2D eigenvalue weighted by Gasteiger charge is -2.19. The van der Waals surface area contributed by atoms with Crippen molar-refractivity contribution in [1.29, 1.82) is 0 Å². The van der Waals surface area contributed by atoms with Crippen LogP contribution in [-0.4, -0.2) is 13.7 Å². The lowest BCUT2D eigenvalue weighted by Crippen LogP contribution is -2.21. The number of hydrogen-bond acceptors (Lipinski definition) is 3. The monoisotopic (exact) mass is 279 g/mol. The Hall–Kier alpha value is -1.39. The van der Waals surface area contributed by atoms with Gasteiger partial charge >= 0.3 is 0 Å². The first-order chi connectivity index (χ1) is 9.17. The SMILES string of the molecule is CCNC(c1ccc(F)c(OC)c1)c1sccc1C. The number of ether oxygens (including phenoxy) is 1. The van der Waals surface area contributed by atoms with Crippen LogP contribution in [0.4, 0.5) is 4.39 Å². The third kappa shape index (κ3) is 2.96. The van der Waals surface area contributed by atoms with E-state index < -0.39 is 0 Å². The largest absolute Gasteiger partial charge is 0.494 e.